The summed E-state index contributed by atoms with van der Waals surface area (Å²) in [4.78, 5) is 11.5. The molecule has 1 saturated heterocycles. The van der Waals surface area contributed by atoms with Crippen molar-refractivity contribution < 1.29 is 9.53 Å². The van der Waals surface area contributed by atoms with Crippen LogP contribution in [-0.2, 0) is 9.53 Å². The van der Waals surface area contributed by atoms with Gasteiger partial charge in [-0.1, -0.05) is 0 Å². The van der Waals surface area contributed by atoms with Gasteiger partial charge in [0.15, 0.2) is 0 Å². The third-order valence-corrected chi connectivity index (χ3v) is 3.22. The molecule has 3 nitrogen and oxygen atoms in total. The number of piperidine rings is 1. The van der Waals surface area contributed by atoms with Gasteiger partial charge < -0.3 is 10.1 Å². The molecule has 2 fully saturated rings. The van der Waals surface area contributed by atoms with Crippen molar-refractivity contribution >= 4 is 5.97 Å². The van der Waals surface area contributed by atoms with Crippen molar-refractivity contribution in [1.82, 2.24) is 5.32 Å². The number of rotatable bonds is 2. The quantitative estimate of drug-likeness (QED) is 0.647. The van der Waals surface area contributed by atoms with Crippen molar-refractivity contribution in [3.8, 4) is 0 Å². The van der Waals surface area contributed by atoms with Gasteiger partial charge in [0, 0.05) is 0 Å². The van der Waals surface area contributed by atoms with Crippen molar-refractivity contribution in [2.75, 3.05) is 13.2 Å². The highest BCUT2D eigenvalue weighted by atomic mass is 16.5. The summed E-state index contributed by atoms with van der Waals surface area (Å²) >= 11 is 0. The first kappa shape index (κ1) is 9.00. The SMILES string of the molecule is CCOC(=O)C1NCC2CCC1C2. The number of fused-ring (bicyclic) bond motifs is 2. The van der Waals surface area contributed by atoms with Crippen molar-refractivity contribution in [3.63, 3.8) is 0 Å². The lowest BCUT2D eigenvalue weighted by atomic mass is 9.93. The minimum absolute atomic E-state index is 0.0151. The summed E-state index contributed by atoms with van der Waals surface area (Å²) in [6, 6.07) is -0.0151. The van der Waals surface area contributed by atoms with E-state index in [-0.39, 0.29) is 12.0 Å². The molecule has 1 aliphatic carbocycles. The molecule has 0 spiro atoms. The van der Waals surface area contributed by atoms with Gasteiger partial charge in [-0.15, -0.1) is 0 Å². The Balaban J connectivity index is 1.95. The van der Waals surface area contributed by atoms with E-state index in [0.29, 0.717) is 12.5 Å². The van der Waals surface area contributed by atoms with E-state index in [9.17, 15) is 4.79 Å². The van der Waals surface area contributed by atoms with Crippen LogP contribution in [0.25, 0.3) is 0 Å². The fourth-order valence-corrected chi connectivity index (χ4v) is 2.57. The predicted octanol–water partition coefficient (Wildman–Crippen LogP) is 0.938. The standard InChI is InChI=1S/C10H17NO2/c1-2-13-10(12)9-8-4-3-7(5-8)6-11-9/h7-9,11H,2-6H2,1H3. The van der Waals surface area contributed by atoms with Gasteiger partial charge in [-0.05, 0) is 44.6 Å². The number of carbonyl (C=O) groups excluding carboxylic acids is 1. The van der Waals surface area contributed by atoms with Crippen molar-refractivity contribution in [3.05, 3.63) is 0 Å². The Hall–Kier alpha value is -0.570. The van der Waals surface area contributed by atoms with Gasteiger partial charge in [0.25, 0.3) is 0 Å². The zero-order valence-electron chi connectivity index (χ0n) is 8.08. The topological polar surface area (TPSA) is 38.3 Å². The molecule has 1 heterocycles. The van der Waals surface area contributed by atoms with Crippen molar-refractivity contribution in [2.24, 2.45) is 11.8 Å². The molecular formula is C10H17NO2. The average Bonchev–Trinajstić information content (AvgIpc) is 2.48. The summed E-state index contributed by atoms with van der Waals surface area (Å²) in [6.45, 7) is 3.35. The summed E-state index contributed by atoms with van der Waals surface area (Å²) in [7, 11) is 0. The van der Waals surface area contributed by atoms with E-state index in [1.54, 1.807) is 0 Å². The second-order valence-electron chi connectivity index (χ2n) is 4.08. The molecule has 0 aromatic rings. The van der Waals surface area contributed by atoms with Crippen LogP contribution in [0.1, 0.15) is 26.2 Å². The Morgan fingerprint density at radius 1 is 1.54 bits per heavy atom. The average molecular weight is 183 g/mol. The van der Waals surface area contributed by atoms with Gasteiger partial charge in [-0.2, -0.15) is 0 Å². The number of nitrogens with one attached hydrogen (secondary N) is 1. The number of carbonyl (C=O) groups is 1. The molecule has 0 amide bonds. The van der Waals surface area contributed by atoms with Crippen molar-refractivity contribution in [1.29, 1.82) is 0 Å². The third kappa shape index (κ3) is 1.70. The number of ether oxygens (including phenoxy) is 1. The van der Waals surface area contributed by atoms with Gasteiger partial charge in [0.2, 0.25) is 0 Å². The summed E-state index contributed by atoms with van der Waals surface area (Å²) in [6.07, 6.45) is 3.70. The maximum Gasteiger partial charge on any atom is 0.323 e. The summed E-state index contributed by atoms with van der Waals surface area (Å²) < 4.78 is 5.03. The Morgan fingerprint density at radius 3 is 3.15 bits per heavy atom. The second kappa shape index (κ2) is 3.66. The second-order valence-corrected chi connectivity index (χ2v) is 4.08. The molecule has 1 aliphatic heterocycles. The number of esters is 1. The van der Waals surface area contributed by atoms with Crippen LogP contribution in [0.15, 0.2) is 0 Å². The Kier molecular flexibility index (Phi) is 2.54. The van der Waals surface area contributed by atoms with E-state index in [0.717, 1.165) is 12.5 Å². The van der Waals surface area contributed by atoms with E-state index >= 15 is 0 Å². The zero-order valence-corrected chi connectivity index (χ0v) is 8.08. The highest BCUT2D eigenvalue weighted by molar-refractivity contribution is 5.76. The largest absolute Gasteiger partial charge is 0.465 e. The molecule has 0 radical (unpaired) electrons. The van der Waals surface area contributed by atoms with E-state index in [2.05, 4.69) is 5.32 Å². The molecule has 13 heavy (non-hydrogen) atoms. The Morgan fingerprint density at radius 2 is 2.38 bits per heavy atom. The predicted molar refractivity (Wildman–Crippen MR) is 49.3 cm³/mol. The summed E-state index contributed by atoms with van der Waals surface area (Å²) in [5, 5.41) is 3.29. The van der Waals surface area contributed by atoms with Crippen LogP contribution in [0.2, 0.25) is 0 Å². The van der Waals surface area contributed by atoms with Gasteiger partial charge in [0.1, 0.15) is 6.04 Å². The minimum atomic E-state index is -0.0483. The molecule has 2 bridgehead atoms. The van der Waals surface area contributed by atoms with E-state index in [1.807, 2.05) is 6.92 Å². The normalized spacial score (nSPS) is 37.5. The van der Waals surface area contributed by atoms with Gasteiger partial charge in [0.05, 0.1) is 6.61 Å². The summed E-state index contributed by atoms with van der Waals surface area (Å²) in [5.74, 6) is 1.31. The molecule has 1 N–H and O–H groups in total. The summed E-state index contributed by atoms with van der Waals surface area (Å²) in [5.41, 5.74) is 0. The molecule has 0 aromatic carbocycles. The van der Waals surface area contributed by atoms with E-state index < -0.39 is 0 Å². The molecular weight excluding hydrogens is 166 g/mol. The molecule has 2 aliphatic rings. The van der Waals surface area contributed by atoms with Gasteiger partial charge in [-0.25, -0.2) is 0 Å². The molecule has 2 rings (SSSR count). The van der Waals surface area contributed by atoms with Crippen LogP contribution >= 0.6 is 0 Å². The minimum Gasteiger partial charge on any atom is -0.465 e. The van der Waals surface area contributed by atoms with E-state index in [1.165, 1.54) is 19.3 Å². The first-order valence-electron chi connectivity index (χ1n) is 5.21. The molecule has 74 valence electrons. The van der Waals surface area contributed by atoms with Gasteiger partial charge >= 0.3 is 5.97 Å². The van der Waals surface area contributed by atoms with Crippen LogP contribution in [0.5, 0.6) is 0 Å². The molecule has 0 aromatic heterocycles. The molecule has 3 heteroatoms. The Labute approximate surface area is 78.8 Å². The molecule has 3 atom stereocenters. The van der Waals surface area contributed by atoms with Crippen LogP contribution in [0.3, 0.4) is 0 Å². The third-order valence-electron chi connectivity index (χ3n) is 3.22. The van der Waals surface area contributed by atoms with E-state index in [4.69, 9.17) is 4.74 Å². The monoisotopic (exact) mass is 183 g/mol. The maximum atomic E-state index is 11.5. The first-order valence-corrected chi connectivity index (χ1v) is 5.21. The first-order chi connectivity index (χ1) is 6.31. The maximum absolute atomic E-state index is 11.5. The Bertz CT molecular complexity index is 205. The van der Waals surface area contributed by atoms with Crippen LogP contribution in [-0.4, -0.2) is 25.2 Å². The zero-order chi connectivity index (χ0) is 9.26. The van der Waals surface area contributed by atoms with Crippen LogP contribution in [0.4, 0.5) is 0 Å². The lowest BCUT2D eigenvalue weighted by molar-refractivity contribution is -0.147. The molecule has 1 saturated carbocycles. The highest BCUT2D eigenvalue weighted by Gasteiger charge is 2.39. The smallest absolute Gasteiger partial charge is 0.323 e. The number of hydrogen-bond acceptors (Lipinski definition) is 3. The molecule has 3 unspecified atom stereocenters. The van der Waals surface area contributed by atoms with Gasteiger partial charge in [-0.3, -0.25) is 4.79 Å². The van der Waals surface area contributed by atoms with Crippen LogP contribution in [0, 0.1) is 11.8 Å². The highest BCUT2D eigenvalue weighted by Crippen LogP contribution is 2.36. The lowest BCUT2D eigenvalue weighted by Gasteiger charge is -2.28. The fourth-order valence-electron chi connectivity index (χ4n) is 2.57. The van der Waals surface area contributed by atoms with Crippen molar-refractivity contribution in [2.45, 2.75) is 32.2 Å². The van der Waals surface area contributed by atoms with Crippen LogP contribution < -0.4 is 5.32 Å². The fraction of sp³-hybridized carbons (Fsp3) is 0.900. The lowest BCUT2D eigenvalue weighted by Crippen LogP contribution is -2.47. The number of hydrogen-bond donors (Lipinski definition) is 1.